The van der Waals surface area contributed by atoms with Crippen LogP contribution in [-0.2, 0) is 0 Å². The van der Waals surface area contributed by atoms with Crippen LogP contribution < -0.4 is 5.73 Å². The average Bonchev–Trinajstić information content (AvgIpc) is 2.64. The fourth-order valence-corrected chi connectivity index (χ4v) is 3.47. The molecule has 1 fully saturated rings. The summed E-state index contributed by atoms with van der Waals surface area (Å²) >= 11 is 0. The van der Waals surface area contributed by atoms with E-state index >= 15 is 0 Å². The van der Waals surface area contributed by atoms with Gasteiger partial charge < -0.3 is 5.73 Å². The second-order valence-corrected chi connectivity index (χ2v) is 6.41. The van der Waals surface area contributed by atoms with Gasteiger partial charge in [0.05, 0.1) is 11.0 Å². The van der Waals surface area contributed by atoms with E-state index in [4.69, 9.17) is 5.73 Å². The average molecular weight is 280 g/mol. The number of anilines is 1. The van der Waals surface area contributed by atoms with Crippen LogP contribution in [-0.4, -0.2) is 14.7 Å². The van der Waals surface area contributed by atoms with E-state index in [1.807, 2.05) is 0 Å². The summed E-state index contributed by atoms with van der Waals surface area (Å²) in [6, 6.07) is 0.172. The van der Waals surface area contributed by atoms with Gasteiger partial charge in [-0.25, -0.2) is 4.68 Å². The monoisotopic (exact) mass is 280 g/mol. The van der Waals surface area contributed by atoms with E-state index in [9.17, 15) is 10.1 Å². The lowest BCUT2D eigenvalue weighted by atomic mass is 9.74. The van der Waals surface area contributed by atoms with E-state index in [1.165, 1.54) is 6.42 Å². The summed E-state index contributed by atoms with van der Waals surface area (Å²) in [5.41, 5.74) is 6.38. The van der Waals surface area contributed by atoms with Crippen LogP contribution in [0.2, 0.25) is 0 Å². The third-order valence-electron chi connectivity index (χ3n) is 4.57. The molecule has 1 saturated carbocycles. The SMILES string of the molecule is Cc1nn(C2CC(C)CCC2C(C)C)c(N)c1[N+](=O)[O-]. The van der Waals surface area contributed by atoms with Crippen molar-refractivity contribution >= 4 is 11.5 Å². The molecule has 0 aromatic carbocycles. The molecule has 0 amide bonds. The minimum absolute atomic E-state index is 0.0364. The summed E-state index contributed by atoms with van der Waals surface area (Å²) in [7, 11) is 0. The van der Waals surface area contributed by atoms with Crippen molar-refractivity contribution in [3.05, 3.63) is 15.8 Å². The largest absolute Gasteiger partial charge is 0.378 e. The van der Waals surface area contributed by atoms with Crippen molar-refractivity contribution in [2.75, 3.05) is 5.73 Å². The van der Waals surface area contributed by atoms with Crippen molar-refractivity contribution in [2.24, 2.45) is 17.8 Å². The summed E-state index contributed by atoms with van der Waals surface area (Å²) in [6.07, 6.45) is 3.34. The molecular weight excluding hydrogens is 256 g/mol. The molecule has 1 aromatic rings. The standard InChI is InChI=1S/C14H24N4O2/c1-8(2)11-6-5-9(3)7-12(11)17-14(15)13(18(19)20)10(4)16-17/h8-9,11-12H,5-7,15H2,1-4H3. The number of hydrogen-bond donors (Lipinski definition) is 1. The van der Waals surface area contributed by atoms with Crippen LogP contribution in [0.25, 0.3) is 0 Å². The molecule has 3 unspecified atom stereocenters. The number of nitro groups is 1. The fraction of sp³-hybridized carbons (Fsp3) is 0.786. The third kappa shape index (κ3) is 2.51. The van der Waals surface area contributed by atoms with E-state index in [0.29, 0.717) is 23.4 Å². The highest BCUT2D eigenvalue weighted by atomic mass is 16.6. The fourth-order valence-electron chi connectivity index (χ4n) is 3.47. The number of hydrogen-bond acceptors (Lipinski definition) is 4. The van der Waals surface area contributed by atoms with Gasteiger partial charge >= 0.3 is 5.69 Å². The Morgan fingerprint density at radius 1 is 1.45 bits per heavy atom. The lowest BCUT2D eigenvalue weighted by Gasteiger charge is -2.37. The molecule has 0 saturated heterocycles. The van der Waals surface area contributed by atoms with E-state index in [-0.39, 0.29) is 17.5 Å². The first-order valence-corrected chi connectivity index (χ1v) is 7.31. The molecule has 1 heterocycles. The molecule has 6 heteroatoms. The van der Waals surface area contributed by atoms with Crippen molar-refractivity contribution in [3.8, 4) is 0 Å². The normalized spacial score (nSPS) is 26.9. The van der Waals surface area contributed by atoms with Crippen molar-refractivity contribution in [2.45, 2.75) is 53.0 Å². The molecule has 1 aromatic heterocycles. The maximum absolute atomic E-state index is 11.1. The van der Waals surface area contributed by atoms with Gasteiger partial charge in [-0.05, 0) is 37.5 Å². The highest BCUT2D eigenvalue weighted by Crippen LogP contribution is 2.43. The highest BCUT2D eigenvalue weighted by Gasteiger charge is 2.36. The van der Waals surface area contributed by atoms with Crippen LogP contribution in [0, 0.1) is 34.8 Å². The number of aryl methyl sites for hydroxylation is 1. The Morgan fingerprint density at radius 2 is 2.10 bits per heavy atom. The topological polar surface area (TPSA) is 87.0 Å². The summed E-state index contributed by atoms with van der Waals surface area (Å²) in [4.78, 5) is 10.7. The maximum Gasteiger partial charge on any atom is 0.333 e. The van der Waals surface area contributed by atoms with Crippen LogP contribution in [0.4, 0.5) is 11.5 Å². The van der Waals surface area contributed by atoms with E-state index in [1.54, 1.807) is 11.6 Å². The zero-order valence-electron chi connectivity index (χ0n) is 12.7. The number of nitrogen functional groups attached to an aromatic ring is 1. The molecule has 0 aliphatic heterocycles. The molecule has 6 nitrogen and oxygen atoms in total. The zero-order chi connectivity index (χ0) is 15.0. The minimum atomic E-state index is -0.426. The van der Waals surface area contributed by atoms with Crippen molar-refractivity contribution < 1.29 is 4.92 Å². The molecule has 112 valence electrons. The van der Waals surface area contributed by atoms with Crippen LogP contribution in [0.1, 0.15) is 51.8 Å². The second-order valence-electron chi connectivity index (χ2n) is 6.41. The highest BCUT2D eigenvalue weighted by molar-refractivity contribution is 5.56. The first-order valence-electron chi connectivity index (χ1n) is 7.31. The van der Waals surface area contributed by atoms with Crippen molar-refractivity contribution in [1.29, 1.82) is 0 Å². The molecule has 3 atom stereocenters. The molecule has 2 N–H and O–H groups in total. The van der Waals surface area contributed by atoms with Crippen molar-refractivity contribution in [3.63, 3.8) is 0 Å². The smallest absolute Gasteiger partial charge is 0.333 e. The first-order chi connectivity index (χ1) is 9.32. The summed E-state index contributed by atoms with van der Waals surface area (Å²) in [5, 5.41) is 15.5. The van der Waals surface area contributed by atoms with Gasteiger partial charge in [0.15, 0.2) is 0 Å². The van der Waals surface area contributed by atoms with E-state index < -0.39 is 4.92 Å². The van der Waals surface area contributed by atoms with E-state index in [2.05, 4.69) is 25.9 Å². The second kappa shape index (κ2) is 5.42. The Kier molecular flexibility index (Phi) is 4.01. The quantitative estimate of drug-likeness (QED) is 0.679. The molecule has 1 aliphatic carbocycles. The molecule has 0 bridgehead atoms. The lowest BCUT2D eigenvalue weighted by molar-refractivity contribution is -0.384. The molecule has 0 radical (unpaired) electrons. The predicted molar refractivity (Wildman–Crippen MR) is 78.4 cm³/mol. The molecule has 1 aliphatic rings. The first kappa shape index (κ1) is 14.8. The molecule has 0 spiro atoms. The van der Waals surface area contributed by atoms with Gasteiger partial charge in [0.2, 0.25) is 5.82 Å². The number of nitrogens with two attached hydrogens (primary N) is 1. The van der Waals surface area contributed by atoms with E-state index in [0.717, 1.165) is 12.8 Å². The Balaban J connectivity index is 2.42. The van der Waals surface area contributed by atoms with Gasteiger partial charge in [-0.1, -0.05) is 27.2 Å². The zero-order valence-corrected chi connectivity index (χ0v) is 12.7. The summed E-state index contributed by atoms with van der Waals surface area (Å²) in [5.74, 6) is 1.82. The minimum Gasteiger partial charge on any atom is -0.378 e. The van der Waals surface area contributed by atoms with Gasteiger partial charge in [-0.2, -0.15) is 5.10 Å². The summed E-state index contributed by atoms with van der Waals surface area (Å²) < 4.78 is 1.72. The number of rotatable bonds is 3. The van der Waals surface area contributed by atoms with Crippen LogP contribution >= 0.6 is 0 Å². The molecular formula is C14H24N4O2. The maximum atomic E-state index is 11.1. The third-order valence-corrected chi connectivity index (χ3v) is 4.57. The van der Waals surface area contributed by atoms with Crippen LogP contribution in [0.5, 0.6) is 0 Å². The lowest BCUT2D eigenvalue weighted by Crippen LogP contribution is -2.31. The summed E-state index contributed by atoms with van der Waals surface area (Å²) in [6.45, 7) is 8.29. The van der Waals surface area contributed by atoms with Gasteiger partial charge in [-0.15, -0.1) is 0 Å². The van der Waals surface area contributed by atoms with Gasteiger partial charge in [-0.3, -0.25) is 10.1 Å². The molecule has 2 rings (SSSR count). The van der Waals surface area contributed by atoms with Crippen LogP contribution in [0.15, 0.2) is 0 Å². The Hall–Kier alpha value is -1.59. The van der Waals surface area contributed by atoms with Gasteiger partial charge in [0.25, 0.3) is 0 Å². The Morgan fingerprint density at radius 3 is 2.60 bits per heavy atom. The molecule has 20 heavy (non-hydrogen) atoms. The van der Waals surface area contributed by atoms with Crippen molar-refractivity contribution in [1.82, 2.24) is 9.78 Å². The van der Waals surface area contributed by atoms with Crippen LogP contribution in [0.3, 0.4) is 0 Å². The Labute approximate surface area is 119 Å². The number of aromatic nitrogens is 2. The van der Waals surface area contributed by atoms with Gasteiger partial charge in [0, 0.05) is 0 Å². The number of nitrogens with zero attached hydrogens (tertiary/aromatic N) is 3. The van der Waals surface area contributed by atoms with Gasteiger partial charge in [0.1, 0.15) is 5.69 Å². The predicted octanol–water partition coefficient (Wildman–Crippen LogP) is 3.32. The Bertz CT molecular complexity index is 510.